The number of benzene rings is 1. The standard InChI is InChI=1S/C16H13N3O2S/c20-15(13-3-1-2-8-19(13)21)17-11-6-7-12-14(9-11)22-16(18-12)10-4-5-10/h1-3,6-10H,4-5H2,(H,17,20). The second-order valence-electron chi connectivity index (χ2n) is 5.37. The van der Waals surface area contributed by atoms with E-state index in [0.717, 1.165) is 10.2 Å². The van der Waals surface area contributed by atoms with Crippen LogP contribution in [0.2, 0.25) is 0 Å². The minimum Gasteiger partial charge on any atom is -0.618 e. The number of fused-ring (bicyclic) bond motifs is 1. The van der Waals surface area contributed by atoms with Crippen molar-refractivity contribution in [2.75, 3.05) is 5.32 Å². The second-order valence-corrected chi connectivity index (χ2v) is 6.44. The zero-order valence-corrected chi connectivity index (χ0v) is 12.5. The van der Waals surface area contributed by atoms with Gasteiger partial charge in [-0.1, -0.05) is 0 Å². The molecule has 1 amide bonds. The maximum absolute atomic E-state index is 12.2. The molecule has 0 saturated heterocycles. The number of amides is 1. The molecule has 0 unspecified atom stereocenters. The molecule has 3 aromatic rings. The predicted molar refractivity (Wildman–Crippen MR) is 85.0 cm³/mol. The molecule has 0 radical (unpaired) electrons. The maximum Gasteiger partial charge on any atom is 0.321 e. The molecule has 1 aromatic carbocycles. The highest BCUT2D eigenvalue weighted by molar-refractivity contribution is 7.18. The molecular weight excluding hydrogens is 298 g/mol. The molecule has 0 atom stereocenters. The number of carbonyl (C=O) groups excluding carboxylic acids is 1. The summed E-state index contributed by atoms with van der Waals surface area (Å²) in [5.74, 6) is 0.209. The van der Waals surface area contributed by atoms with Crippen molar-refractivity contribution in [3.63, 3.8) is 0 Å². The summed E-state index contributed by atoms with van der Waals surface area (Å²) in [6.07, 6.45) is 3.76. The lowest BCUT2D eigenvalue weighted by Crippen LogP contribution is -2.36. The van der Waals surface area contributed by atoms with Crippen LogP contribution in [-0.2, 0) is 0 Å². The minimum atomic E-state index is -0.415. The summed E-state index contributed by atoms with van der Waals surface area (Å²) in [4.78, 5) is 16.8. The SMILES string of the molecule is O=C(Nc1ccc2nc(C3CC3)sc2c1)c1cccc[n+]1[O-]. The van der Waals surface area contributed by atoms with E-state index in [0.29, 0.717) is 16.3 Å². The Balaban J connectivity index is 1.61. The minimum absolute atomic E-state index is 0.0746. The van der Waals surface area contributed by atoms with E-state index < -0.39 is 5.91 Å². The normalized spacial score (nSPS) is 14.2. The van der Waals surface area contributed by atoms with Crippen LogP contribution in [0.4, 0.5) is 5.69 Å². The predicted octanol–water partition coefficient (Wildman–Crippen LogP) is 3.06. The number of thiazole rings is 1. The lowest BCUT2D eigenvalue weighted by atomic mass is 10.2. The fourth-order valence-electron chi connectivity index (χ4n) is 2.32. The first kappa shape index (κ1) is 13.2. The van der Waals surface area contributed by atoms with Crippen molar-refractivity contribution in [2.24, 2.45) is 0 Å². The Morgan fingerprint density at radius 2 is 2.18 bits per heavy atom. The van der Waals surface area contributed by atoms with Gasteiger partial charge in [0, 0.05) is 23.7 Å². The summed E-state index contributed by atoms with van der Waals surface area (Å²) >= 11 is 1.68. The molecule has 1 aliphatic carbocycles. The van der Waals surface area contributed by atoms with Crippen molar-refractivity contribution in [1.82, 2.24) is 4.98 Å². The number of nitrogens with one attached hydrogen (secondary N) is 1. The molecule has 1 saturated carbocycles. The molecule has 5 nitrogen and oxygen atoms in total. The first-order valence-electron chi connectivity index (χ1n) is 7.11. The Bertz CT molecular complexity index is 871. The molecule has 0 aliphatic heterocycles. The van der Waals surface area contributed by atoms with Crippen LogP contribution in [0.15, 0.2) is 42.6 Å². The van der Waals surface area contributed by atoms with Gasteiger partial charge in [0.15, 0.2) is 6.20 Å². The Kier molecular flexibility index (Phi) is 3.04. The highest BCUT2D eigenvalue weighted by Crippen LogP contribution is 2.43. The van der Waals surface area contributed by atoms with Gasteiger partial charge in [0.1, 0.15) is 0 Å². The molecule has 2 heterocycles. The van der Waals surface area contributed by atoms with Crippen LogP contribution >= 0.6 is 11.3 Å². The maximum atomic E-state index is 12.2. The number of anilines is 1. The molecule has 6 heteroatoms. The molecule has 0 spiro atoms. The van der Waals surface area contributed by atoms with E-state index in [1.54, 1.807) is 23.5 Å². The molecule has 22 heavy (non-hydrogen) atoms. The van der Waals surface area contributed by atoms with E-state index >= 15 is 0 Å². The smallest absolute Gasteiger partial charge is 0.321 e. The van der Waals surface area contributed by atoms with Crippen molar-refractivity contribution < 1.29 is 9.52 Å². The van der Waals surface area contributed by atoms with E-state index in [1.807, 2.05) is 18.2 Å². The average Bonchev–Trinajstić information content (AvgIpc) is 3.27. The van der Waals surface area contributed by atoms with Crippen LogP contribution in [0, 0.1) is 5.21 Å². The number of carbonyl (C=O) groups is 1. The molecule has 1 N–H and O–H groups in total. The molecule has 1 fully saturated rings. The third-order valence-electron chi connectivity index (χ3n) is 3.65. The Morgan fingerprint density at radius 3 is 2.95 bits per heavy atom. The lowest BCUT2D eigenvalue weighted by Gasteiger charge is -2.05. The zero-order valence-electron chi connectivity index (χ0n) is 11.7. The summed E-state index contributed by atoms with van der Waals surface area (Å²) in [5.41, 5.74) is 1.71. The van der Waals surface area contributed by atoms with Crippen LogP contribution in [0.1, 0.15) is 34.3 Å². The number of hydrogen-bond acceptors (Lipinski definition) is 4. The van der Waals surface area contributed by atoms with Crippen LogP contribution < -0.4 is 10.0 Å². The fraction of sp³-hybridized carbons (Fsp3) is 0.188. The summed E-state index contributed by atoms with van der Waals surface area (Å²) in [5, 5.41) is 15.5. The van der Waals surface area contributed by atoms with Gasteiger partial charge in [-0.25, -0.2) is 4.98 Å². The zero-order chi connectivity index (χ0) is 15.1. The van der Waals surface area contributed by atoms with Gasteiger partial charge in [-0.3, -0.25) is 4.79 Å². The van der Waals surface area contributed by atoms with Gasteiger partial charge < -0.3 is 10.5 Å². The number of nitrogens with zero attached hydrogens (tertiary/aromatic N) is 2. The van der Waals surface area contributed by atoms with E-state index in [4.69, 9.17) is 0 Å². The van der Waals surface area contributed by atoms with Crippen LogP contribution in [0.25, 0.3) is 10.2 Å². The van der Waals surface area contributed by atoms with Gasteiger partial charge in [-0.15, -0.1) is 11.3 Å². The number of pyridine rings is 1. The Labute approximate surface area is 130 Å². The lowest BCUT2D eigenvalue weighted by molar-refractivity contribution is -0.607. The molecule has 2 aromatic heterocycles. The Morgan fingerprint density at radius 1 is 1.32 bits per heavy atom. The highest BCUT2D eigenvalue weighted by atomic mass is 32.1. The fourth-order valence-corrected chi connectivity index (χ4v) is 3.50. The first-order valence-corrected chi connectivity index (χ1v) is 7.92. The van der Waals surface area contributed by atoms with Crippen molar-refractivity contribution in [3.05, 3.63) is 58.5 Å². The quantitative estimate of drug-likeness (QED) is 0.597. The topological polar surface area (TPSA) is 68.9 Å². The summed E-state index contributed by atoms with van der Waals surface area (Å²) in [7, 11) is 0. The van der Waals surface area contributed by atoms with Crippen LogP contribution in [0.3, 0.4) is 0 Å². The molecule has 1 aliphatic rings. The van der Waals surface area contributed by atoms with Crippen LogP contribution in [0.5, 0.6) is 0 Å². The van der Waals surface area contributed by atoms with Gasteiger partial charge in [-0.2, -0.15) is 4.73 Å². The largest absolute Gasteiger partial charge is 0.618 e. The van der Waals surface area contributed by atoms with Gasteiger partial charge in [0.05, 0.1) is 15.2 Å². The molecular formula is C16H13N3O2S. The number of aromatic nitrogens is 2. The summed E-state index contributed by atoms with van der Waals surface area (Å²) < 4.78 is 1.62. The third-order valence-corrected chi connectivity index (χ3v) is 4.83. The van der Waals surface area contributed by atoms with Gasteiger partial charge in [0.25, 0.3) is 5.69 Å². The monoisotopic (exact) mass is 311 g/mol. The van der Waals surface area contributed by atoms with Gasteiger partial charge in [-0.05, 0) is 37.1 Å². The molecule has 4 rings (SSSR count). The van der Waals surface area contributed by atoms with Crippen LogP contribution in [-0.4, -0.2) is 10.9 Å². The molecule has 110 valence electrons. The van der Waals surface area contributed by atoms with Crippen molar-refractivity contribution in [3.8, 4) is 0 Å². The van der Waals surface area contributed by atoms with E-state index in [-0.39, 0.29) is 5.69 Å². The highest BCUT2D eigenvalue weighted by Gasteiger charge is 2.27. The Hall–Kier alpha value is -2.47. The van der Waals surface area contributed by atoms with Crippen molar-refractivity contribution >= 4 is 33.1 Å². The van der Waals surface area contributed by atoms with E-state index in [9.17, 15) is 10.0 Å². The second kappa shape index (κ2) is 5.06. The number of rotatable bonds is 3. The summed E-state index contributed by atoms with van der Waals surface area (Å²) in [6.45, 7) is 0. The number of hydrogen-bond donors (Lipinski definition) is 1. The van der Waals surface area contributed by atoms with Crippen molar-refractivity contribution in [2.45, 2.75) is 18.8 Å². The van der Waals surface area contributed by atoms with Gasteiger partial charge in [0.2, 0.25) is 0 Å². The van der Waals surface area contributed by atoms with E-state index in [2.05, 4.69) is 10.3 Å². The first-order chi connectivity index (χ1) is 10.7. The average molecular weight is 311 g/mol. The summed E-state index contributed by atoms with van der Waals surface area (Å²) in [6, 6.07) is 10.4. The third kappa shape index (κ3) is 2.42. The molecule has 0 bridgehead atoms. The van der Waals surface area contributed by atoms with Crippen molar-refractivity contribution in [1.29, 1.82) is 0 Å². The van der Waals surface area contributed by atoms with E-state index in [1.165, 1.54) is 30.1 Å². The van der Waals surface area contributed by atoms with Gasteiger partial charge >= 0.3 is 5.91 Å².